The van der Waals surface area contributed by atoms with E-state index in [1.165, 1.54) is 6.92 Å². The van der Waals surface area contributed by atoms with Crippen LogP contribution in [0.5, 0.6) is 0 Å². The van der Waals surface area contributed by atoms with Crippen molar-refractivity contribution in [1.29, 1.82) is 0 Å². The van der Waals surface area contributed by atoms with Gasteiger partial charge in [0.1, 0.15) is 24.9 Å². The van der Waals surface area contributed by atoms with E-state index in [-0.39, 0.29) is 12.4 Å². The lowest BCUT2D eigenvalue weighted by Gasteiger charge is -2.38. The van der Waals surface area contributed by atoms with E-state index in [0.717, 1.165) is 0 Å². The first-order valence-corrected chi connectivity index (χ1v) is 4.74. The van der Waals surface area contributed by atoms with Crippen molar-refractivity contribution in [3.8, 4) is 0 Å². The molecule has 6 heteroatoms. The van der Waals surface area contributed by atoms with E-state index in [0.29, 0.717) is 0 Å². The number of rotatable bonds is 3. The van der Waals surface area contributed by atoms with Gasteiger partial charge in [-0.15, -0.1) is 0 Å². The molecule has 1 rings (SSSR count). The summed E-state index contributed by atoms with van der Waals surface area (Å²) in [7, 11) is 0. The van der Waals surface area contributed by atoms with Gasteiger partial charge in [-0.1, -0.05) is 0 Å². The monoisotopic (exact) mass is 220 g/mol. The van der Waals surface area contributed by atoms with Crippen LogP contribution < -0.4 is 0 Å². The quantitative estimate of drug-likeness (QED) is 0.531. The molecule has 6 nitrogen and oxygen atoms in total. The Labute approximate surface area is 87.4 Å². The van der Waals surface area contributed by atoms with Crippen molar-refractivity contribution in [3.05, 3.63) is 0 Å². The molecule has 1 aliphatic heterocycles. The fourth-order valence-electron chi connectivity index (χ4n) is 1.35. The molecule has 5 atom stereocenters. The van der Waals surface area contributed by atoms with Gasteiger partial charge in [-0.3, -0.25) is 4.79 Å². The number of aliphatic hydroxyl groups excluding tert-OH is 3. The summed E-state index contributed by atoms with van der Waals surface area (Å²) in [6.07, 6.45) is -5.57. The van der Waals surface area contributed by atoms with Gasteiger partial charge in [0, 0.05) is 0 Å². The third kappa shape index (κ3) is 2.96. The number of aliphatic hydroxyl groups is 3. The van der Waals surface area contributed by atoms with Crippen LogP contribution in [0.1, 0.15) is 13.8 Å². The van der Waals surface area contributed by atoms with Crippen molar-refractivity contribution < 1.29 is 29.6 Å². The maximum Gasteiger partial charge on any atom is 0.187 e. The van der Waals surface area contributed by atoms with Crippen molar-refractivity contribution in [3.63, 3.8) is 0 Å². The maximum atomic E-state index is 10.6. The highest BCUT2D eigenvalue weighted by Crippen LogP contribution is 2.21. The largest absolute Gasteiger partial charge is 0.388 e. The van der Waals surface area contributed by atoms with E-state index >= 15 is 0 Å². The molecule has 0 spiro atoms. The molecule has 1 fully saturated rings. The van der Waals surface area contributed by atoms with E-state index < -0.39 is 30.7 Å². The van der Waals surface area contributed by atoms with Gasteiger partial charge < -0.3 is 24.8 Å². The topological polar surface area (TPSA) is 96.2 Å². The second-order valence-corrected chi connectivity index (χ2v) is 3.69. The summed E-state index contributed by atoms with van der Waals surface area (Å²) in [6.45, 7) is 2.69. The Morgan fingerprint density at radius 3 is 2.40 bits per heavy atom. The summed E-state index contributed by atoms with van der Waals surface area (Å²) in [6, 6.07) is 0. The minimum absolute atomic E-state index is 0.197. The van der Waals surface area contributed by atoms with Crippen LogP contribution in [0.2, 0.25) is 0 Å². The zero-order chi connectivity index (χ0) is 11.6. The highest BCUT2D eigenvalue weighted by atomic mass is 16.7. The highest BCUT2D eigenvalue weighted by Gasteiger charge is 2.42. The minimum Gasteiger partial charge on any atom is -0.388 e. The first-order valence-electron chi connectivity index (χ1n) is 4.74. The van der Waals surface area contributed by atoms with Crippen LogP contribution >= 0.6 is 0 Å². The molecule has 0 unspecified atom stereocenters. The number of carbonyl (C=O) groups is 1. The molecule has 0 aliphatic carbocycles. The van der Waals surface area contributed by atoms with Gasteiger partial charge in [0.25, 0.3) is 0 Å². The number of ketones is 1. The van der Waals surface area contributed by atoms with E-state index in [2.05, 4.69) is 0 Å². The van der Waals surface area contributed by atoms with Crippen molar-refractivity contribution >= 4 is 5.78 Å². The number of hydrogen-bond acceptors (Lipinski definition) is 6. The summed E-state index contributed by atoms with van der Waals surface area (Å²) < 4.78 is 10.1. The molecule has 0 aromatic carbocycles. The lowest BCUT2D eigenvalue weighted by molar-refractivity contribution is -0.291. The zero-order valence-electron chi connectivity index (χ0n) is 8.66. The molecule has 0 bridgehead atoms. The normalized spacial score (nSPS) is 41.5. The first-order chi connectivity index (χ1) is 6.93. The van der Waals surface area contributed by atoms with E-state index in [1.54, 1.807) is 6.92 Å². The van der Waals surface area contributed by atoms with Gasteiger partial charge in [0.05, 0.1) is 6.10 Å². The molecule has 0 saturated carbocycles. The van der Waals surface area contributed by atoms with E-state index in [9.17, 15) is 20.1 Å². The molecule has 0 amide bonds. The molecule has 0 aromatic heterocycles. The second-order valence-electron chi connectivity index (χ2n) is 3.69. The van der Waals surface area contributed by atoms with Gasteiger partial charge in [-0.25, -0.2) is 0 Å². The minimum atomic E-state index is -1.35. The Morgan fingerprint density at radius 1 is 1.27 bits per heavy atom. The summed E-state index contributed by atoms with van der Waals surface area (Å²) in [5.74, 6) is -0.209. The van der Waals surface area contributed by atoms with Crippen molar-refractivity contribution in [2.75, 3.05) is 6.61 Å². The van der Waals surface area contributed by atoms with E-state index in [4.69, 9.17) is 9.47 Å². The van der Waals surface area contributed by atoms with Crippen molar-refractivity contribution in [2.45, 2.75) is 44.6 Å². The zero-order valence-corrected chi connectivity index (χ0v) is 8.66. The summed E-state index contributed by atoms with van der Waals surface area (Å²) in [5.41, 5.74) is 0. The van der Waals surface area contributed by atoms with Crippen LogP contribution in [0.4, 0.5) is 0 Å². The molecule has 1 saturated heterocycles. The number of carbonyl (C=O) groups excluding carboxylic acids is 1. The lowest BCUT2D eigenvalue weighted by atomic mass is 10.0. The average Bonchev–Trinajstić information content (AvgIpc) is 2.18. The Bertz CT molecular complexity index is 231. The average molecular weight is 220 g/mol. The van der Waals surface area contributed by atoms with Crippen molar-refractivity contribution in [1.82, 2.24) is 0 Å². The third-order valence-electron chi connectivity index (χ3n) is 2.26. The molecule has 15 heavy (non-hydrogen) atoms. The summed E-state index contributed by atoms with van der Waals surface area (Å²) in [5, 5.41) is 28.2. The Balaban J connectivity index is 2.54. The molecule has 1 heterocycles. The van der Waals surface area contributed by atoms with Crippen molar-refractivity contribution in [2.24, 2.45) is 0 Å². The molecule has 3 N–H and O–H groups in total. The van der Waals surface area contributed by atoms with E-state index in [1.807, 2.05) is 0 Å². The van der Waals surface area contributed by atoms with Gasteiger partial charge in [-0.2, -0.15) is 0 Å². The van der Waals surface area contributed by atoms with Crippen LogP contribution in [0.3, 0.4) is 0 Å². The van der Waals surface area contributed by atoms with Crippen LogP contribution in [0.25, 0.3) is 0 Å². The fourth-order valence-corrected chi connectivity index (χ4v) is 1.35. The van der Waals surface area contributed by atoms with Crippen LogP contribution in [-0.2, 0) is 14.3 Å². The molecule has 88 valence electrons. The fraction of sp³-hybridized carbons (Fsp3) is 0.889. The molecule has 0 radical (unpaired) electrons. The smallest absolute Gasteiger partial charge is 0.187 e. The lowest BCUT2D eigenvalue weighted by Crippen LogP contribution is -2.57. The Morgan fingerprint density at radius 2 is 1.87 bits per heavy atom. The molecule has 0 aromatic rings. The van der Waals surface area contributed by atoms with Crippen LogP contribution in [0.15, 0.2) is 0 Å². The number of ether oxygens (including phenoxy) is 2. The van der Waals surface area contributed by atoms with Gasteiger partial charge in [0.15, 0.2) is 12.1 Å². The predicted octanol–water partition coefficient (Wildman–Crippen LogP) is -1.58. The third-order valence-corrected chi connectivity index (χ3v) is 2.26. The SMILES string of the molecule is CC(=O)CO[C@H]1O[C@@H](C)[C@@H](O)[C@@H](O)[C@@H]1O. The first kappa shape index (κ1) is 12.5. The highest BCUT2D eigenvalue weighted by molar-refractivity contribution is 5.76. The summed E-state index contributed by atoms with van der Waals surface area (Å²) >= 11 is 0. The Hall–Kier alpha value is -0.530. The maximum absolute atomic E-state index is 10.6. The standard InChI is InChI=1S/C9H16O6/c1-4(10)3-14-9-8(13)7(12)6(11)5(2)15-9/h5-9,11-13H,3H2,1-2H3/t5-,6+,7+,8-,9-/m0/s1. The van der Waals surface area contributed by atoms with Gasteiger partial charge >= 0.3 is 0 Å². The number of Topliss-reactive ketones (excluding diaryl/α,β-unsaturated/α-hetero) is 1. The van der Waals surface area contributed by atoms with Crippen LogP contribution in [0, 0.1) is 0 Å². The summed E-state index contributed by atoms with van der Waals surface area (Å²) in [4.78, 5) is 10.6. The molecular weight excluding hydrogens is 204 g/mol. The second kappa shape index (κ2) is 5.00. The predicted molar refractivity (Wildman–Crippen MR) is 49.0 cm³/mol. The van der Waals surface area contributed by atoms with Crippen LogP contribution in [-0.4, -0.2) is 58.4 Å². The molecular formula is C9H16O6. The van der Waals surface area contributed by atoms with Gasteiger partial charge in [0.2, 0.25) is 0 Å². The van der Waals surface area contributed by atoms with Gasteiger partial charge in [-0.05, 0) is 13.8 Å². The number of hydrogen-bond donors (Lipinski definition) is 3. The Kier molecular flexibility index (Phi) is 4.18. The molecule has 1 aliphatic rings.